The number of hydrogen-bond acceptors (Lipinski definition) is 4. The van der Waals surface area contributed by atoms with Crippen LogP contribution in [0.4, 0.5) is 0 Å². The Morgan fingerprint density at radius 1 is 0.500 bits per heavy atom. The van der Waals surface area contributed by atoms with Gasteiger partial charge >= 0.3 is 0 Å². The zero-order chi connectivity index (χ0) is 8.00. The first-order valence-corrected chi connectivity index (χ1v) is 0.894. The zero-order valence-corrected chi connectivity index (χ0v) is 7.26. The maximum Gasteiger partial charge on any atom is 0 e. The number of hydrogen-bond donors (Lipinski definition) is 1. The summed E-state index contributed by atoms with van der Waals surface area (Å²) >= 11 is 0. The summed E-state index contributed by atoms with van der Waals surface area (Å²) in [6, 6.07) is 0. The third-order valence-electron chi connectivity index (χ3n) is 0. The molecular formula is C4H4AuN5-3. The summed E-state index contributed by atoms with van der Waals surface area (Å²) in [6.07, 6.45) is 0. The minimum absolute atomic E-state index is 0. The fourth-order valence-corrected chi connectivity index (χ4v) is 0. The van der Waals surface area contributed by atoms with Gasteiger partial charge in [-0.25, -0.2) is 0 Å². The molecule has 0 atom stereocenters. The average Bonchev–Trinajstić information content (AvgIpc) is 2.03. The fraction of sp³-hybridized carbons (Fsp3) is 0. The van der Waals surface area contributed by atoms with E-state index in [-0.39, 0.29) is 28.5 Å². The zero-order valence-electron chi connectivity index (χ0n) is 5.09. The number of rotatable bonds is 0. The molecule has 5 nitrogen and oxygen atoms in total. The molecule has 0 spiro atoms. The van der Waals surface area contributed by atoms with Gasteiger partial charge in [0.1, 0.15) is 0 Å². The second-order valence-electron chi connectivity index (χ2n) is 0. The second kappa shape index (κ2) is 189. The Bertz CT molecular complexity index is 56.6. The van der Waals surface area contributed by atoms with Crippen LogP contribution in [-0.2, 0) is 22.4 Å². The van der Waals surface area contributed by atoms with Crippen molar-refractivity contribution < 1.29 is 22.4 Å². The van der Waals surface area contributed by atoms with Crippen LogP contribution in [-0.4, -0.2) is 0 Å². The first-order valence-electron chi connectivity index (χ1n) is 0.894. The molecule has 0 aliphatic carbocycles. The van der Waals surface area contributed by atoms with Gasteiger partial charge in [-0.2, -0.15) is 0 Å². The third-order valence-corrected chi connectivity index (χ3v) is 0. The van der Waals surface area contributed by atoms with E-state index in [4.69, 9.17) is 47.3 Å². The summed E-state index contributed by atoms with van der Waals surface area (Å²) in [5.41, 5.74) is 0. The van der Waals surface area contributed by atoms with Crippen molar-refractivity contribution in [2.24, 2.45) is 0 Å². The van der Waals surface area contributed by atoms with Gasteiger partial charge in [0.05, 0.1) is 0 Å². The maximum atomic E-state index is 6.25. The third kappa shape index (κ3) is 119. The molecule has 0 fully saturated rings. The van der Waals surface area contributed by atoms with Crippen LogP contribution in [0.3, 0.4) is 0 Å². The van der Waals surface area contributed by atoms with E-state index in [2.05, 4.69) is 0 Å². The van der Waals surface area contributed by atoms with Gasteiger partial charge in [-0.15, -0.1) is 0 Å². The molecule has 0 heterocycles. The molecule has 0 aliphatic rings. The van der Waals surface area contributed by atoms with Crippen LogP contribution in [0.2, 0.25) is 0 Å². The molecule has 0 aromatic carbocycles. The van der Waals surface area contributed by atoms with Gasteiger partial charge in [0.2, 0.25) is 0 Å². The van der Waals surface area contributed by atoms with Crippen LogP contribution in [0.15, 0.2) is 0 Å². The van der Waals surface area contributed by atoms with Crippen molar-refractivity contribution >= 4 is 0 Å². The van der Waals surface area contributed by atoms with Crippen molar-refractivity contribution in [2.75, 3.05) is 0 Å². The summed E-state index contributed by atoms with van der Waals surface area (Å²) in [5, 5.41) is 25.0. The molecule has 0 saturated carbocycles. The van der Waals surface area contributed by atoms with Crippen molar-refractivity contribution in [1.82, 2.24) is 6.15 Å². The van der Waals surface area contributed by atoms with E-state index < -0.39 is 0 Å². The smallest absolute Gasteiger partial charge is 0 e. The summed E-state index contributed by atoms with van der Waals surface area (Å²) in [7, 11) is 0. The predicted octanol–water partition coefficient (Wildman–Crippen LogP) is 0.759. The maximum absolute atomic E-state index is 6.25. The Hall–Kier alpha value is -1.34. The molecule has 0 aromatic rings. The summed E-state index contributed by atoms with van der Waals surface area (Å²) < 4.78 is 0. The average molecular weight is 319 g/mol. The van der Waals surface area contributed by atoms with E-state index in [1.165, 1.54) is 0 Å². The SMILES string of the molecule is [Au].[C-]#N.[C-]#N.[C-]#N.[C-]#N.[NH4+]. The topological polar surface area (TPSA) is 132 Å². The summed E-state index contributed by atoms with van der Waals surface area (Å²) in [4.78, 5) is 0. The van der Waals surface area contributed by atoms with E-state index in [0.29, 0.717) is 0 Å². The molecule has 0 bridgehead atoms. The Labute approximate surface area is 76.2 Å². The van der Waals surface area contributed by atoms with Gasteiger partial charge in [-0.3, -0.25) is 0 Å². The fourth-order valence-electron chi connectivity index (χ4n) is 0. The second-order valence-corrected chi connectivity index (χ2v) is 0. The Kier molecular flexibility index (Phi) is 1360. The summed E-state index contributed by atoms with van der Waals surface area (Å²) in [6.45, 7) is 19.0. The quantitative estimate of drug-likeness (QED) is 0.521. The minimum Gasteiger partial charge on any atom is -0.512 e. The van der Waals surface area contributed by atoms with Crippen molar-refractivity contribution in [3.63, 3.8) is 0 Å². The molecular weight excluding hydrogens is 315 g/mol. The van der Waals surface area contributed by atoms with Crippen LogP contribution in [0.25, 0.3) is 0 Å². The monoisotopic (exact) mass is 319 g/mol. The van der Waals surface area contributed by atoms with Crippen molar-refractivity contribution in [3.8, 4) is 0 Å². The van der Waals surface area contributed by atoms with Crippen LogP contribution in [0.1, 0.15) is 0 Å². The van der Waals surface area contributed by atoms with Gasteiger partial charge in [-0.1, -0.05) is 0 Å². The molecule has 10 heavy (non-hydrogen) atoms. The first kappa shape index (κ1) is 71.8. The predicted molar refractivity (Wildman–Crippen MR) is 25.9 cm³/mol. The van der Waals surface area contributed by atoms with Crippen LogP contribution in [0, 0.1) is 47.3 Å². The van der Waals surface area contributed by atoms with E-state index >= 15 is 0 Å². The first-order chi connectivity index (χ1) is 4.00. The number of quaternary nitrogens is 1. The standard InChI is InChI=1S/4CN.Au.H3N/c4*1-2;;/h;;;;;1H3/q4*-1;;/p+1. The van der Waals surface area contributed by atoms with E-state index in [0.717, 1.165) is 0 Å². The Morgan fingerprint density at radius 2 is 0.500 bits per heavy atom. The normalized spacial score (nSPS) is 0.800. The Morgan fingerprint density at radius 3 is 0.500 bits per heavy atom. The molecule has 59 valence electrons. The molecule has 1 radical (unpaired) electrons. The summed E-state index contributed by atoms with van der Waals surface area (Å²) in [5.74, 6) is 0. The molecule has 0 aliphatic heterocycles. The molecule has 0 amide bonds. The van der Waals surface area contributed by atoms with Gasteiger partial charge in [-0.05, 0) is 0 Å². The van der Waals surface area contributed by atoms with Crippen LogP contribution < -0.4 is 6.15 Å². The molecule has 6 heteroatoms. The van der Waals surface area contributed by atoms with Gasteiger partial charge in [0.25, 0.3) is 0 Å². The van der Waals surface area contributed by atoms with Crippen molar-refractivity contribution in [1.29, 1.82) is 21.0 Å². The number of nitrogens with zero attached hydrogens (tertiary/aromatic N) is 4. The van der Waals surface area contributed by atoms with Crippen LogP contribution >= 0.6 is 0 Å². The molecule has 0 unspecified atom stereocenters. The van der Waals surface area contributed by atoms with Gasteiger partial charge in [0, 0.05) is 22.4 Å². The molecule has 0 rings (SSSR count). The van der Waals surface area contributed by atoms with E-state index in [1.54, 1.807) is 0 Å². The van der Waals surface area contributed by atoms with Crippen LogP contribution in [0.5, 0.6) is 0 Å². The molecule has 0 saturated heterocycles. The van der Waals surface area contributed by atoms with E-state index in [1.807, 2.05) is 0 Å². The van der Waals surface area contributed by atoms with Crippen molar-refractivity contribution in [2.45, 2.75) is 0 Å². The minimum atomic E-state index is 0. The van der Waals surface area contributed by atoms with Gasteiger partial charge < -0.3 is 53.5 Å². The Balaban J connectivity index is -0.00000000500. The van der Waals surface area contributed by atoms with E-state index in [9.17, 15) is 0 Å². The van der Waals surface area contributed by atoms with Crippen molar-refractivity contribution in [3.05, 3.63) is 26.3 Å². The molecule has 4 N–H and O–H groups in total. The van der Waals surface area contributed by atoms with Gasteiger partial charge in [0.15, 0.2) is 0 Å². The largest absolute Gasteiger partial charge is 0.512 e. The molecule has 0 aromatic heterocycles.